The molecule has 13 nitrogen and oxygen atoms in total. The highest BCUT2D eigenvalue weighted by atomic mass is 32.1. The number of thiazole rings is 1. The topological polar surface area (TPSA) is 157 Å². The van der Waals surface area contributed by atoms with Gasteiger partial charge in [-0.1, -0.05) is 31.3 Å². The molecule has 2 heterocycles. The quantitative estimate of drug-likeness (QED) is 0.229. The van der Waals surface area contributed by atoms with E-state index in [2.05, 4.69) is 39.4 Å². The van der Waals surface area contributed by atoms with Gasteiger partial charge in [0.25, 0.3) is 11.1 Å². The maximum Gasteiger partial charge on any atom is 0.407 e. The number of rotatable bonds is 14. The number of nitrogens with zero attached hydrogens (tertiary/aromatic N) is 4. The minimum Gasteiger partial charge on any atom is -0.493 e. The summed E-state index contributed by atoms with van der Waals surface area (Å²) in [5.41, 5.74) is 1.12. The van der Waals surface area contributed by atoms with Gasteiger partial charge in [-0.15, -0.1) is 0 Å². The van der Waals surface area contributed by atoms with Gasteiger partial charge in [0.2, 0.25) is 17.7 Å². The molecule has 3 aromatic rings. The van der Waals surface area contributed by atoms with Crippen molar-refractivity contribution in [1.29, 1.82) is 0 Å². The number of carbonyl (C=O) groups is 2. The molecule has 0 aliphatic carbocycles. The highest BCUT2D eigenvalue weighted by Gasteiger charge is 2.22. The molecule has 41 heavy (non-hydrogen) atoms. The van der Waals surface area contributed by atoms with Gasteiger partial charge in [-0.2, -0.15) is 15.0 Å². The fourth-order valence-electron chi connectivity index (χ4n) is 3.49. The van der Waals surface area contributed by atoms with E-state index >= 15 is 0 Å². The van der Waals surface area contributed by atoms with Gasteiger partial charge >= 0.3 is 6.09 Å². The molecule has 0 radical (unpaired) electrons. The Morgan fingerprint density at radius 3 is 2.34 bits per heavy atom. The Hall–Kier alpha value is -4.33. The van der Waals surface area contributed by atoms with E-state index in [4.69, 9.17) is 18.9 Å². The number of benzene rings is 1. The predicted molar refractivity (Wildman–Crippen MR) is 155 cm³/mol. The standard InChI is InChI=1S/C27H36N6O7S/c1-15(2)13-39-18-9-8-17(5)20(12-18)40-26-29-19(14-41-26)22(34)30-21-23(37-6)31-25(32-24(21)38-7)28-10-11-33(16(3)4)27(35)36/h8-9,12,14-16H,10-11,13H2,1-7H3,(H,30,34)(H,35,36)(H,28,31,32). The van der Waals surface area contributed by atoms with Crippen LogP contribution < -0.4 is 29.6 Å². The van der Waals surface area contributed by atoms with E-state index in [-0.39, 0.29) is 53.4 Å². The van der Waals surface area contributed by atoms with E-state index in [0.29, 0.717) is 24.0 Å². The molecule has 3 rings (SSSR count). The Labute approximate surface area is 242 Å². The summed E-state index contributed by atoms with van der Waals surface area (Å²) in [4.78, 5) is 38.6. The lowest BCUT2D eigenvalue weighted by Crippen LogP contribution is -2.39. The van der Waals surface area contributed by atoms with Crippen LogP contribution in [0.1, 0.15) is 43.7 Å². The van der Waals surface area contributed by atoms with E-state index in [9.17, 15) is 14.7 Å². The molecule has 0 fully saturated rings. The first-order valence-electron chi connectivity index (χ1n) is 12.9. The Morgan fingerprint density at radius 1 is 1.07 bits per heavy atom. The number of carboxylic acid groups (broad SMARTS) is 1. The molecule has 0 bridgehead atoms. The number of anilines is 2. The van der Waals surface area contributed by atoms with Crippen molar-refractivity contribution >= 4 is 35.0 Å². The summed E-state index contributed by atoms with van der Waals surface area (Å²) in [7, 11) is 2.78. The number of aryl methyl sites for hydroxylation is 1. The predicted octanol–water partition coefficient (Wildman–Crippen LogP) is 5.14. The SMILES string of the molecule is COc1nc(NCCN(C(=O)O)C(C)C)nc(OC)c1NC(=O)c1csc(Oc2cc(OCC(C)C)ccc2C)n1. The van der Waals surface area contributed by atoms with Gasteiger partial charge in [0.1, 0.15) is 17.2 Å². The monoisotopic (exact) mass is 588 g/mol. The second-order valence-electron chi connectivity index (χ2n) is 9.62. The summed E-state index contributed by atoms with van der Waals surface area (Å²) in [5.74, 6) is 1.34. The first kappa shape index (κ1) is 31.2. The average molecular weight is 589 g/mol. The lowest BCUT2D eigenvalue weighted by Gasteiger charge is -2.23. The zero-order valence-electron chi connectivity index (χ0n) is 24.2. The maximum absolute atomic E-state index is 13.1. The zero-order valence-corrected chi connectivity index (χ0v) is 25.0. The molecule has 14 heteroatoms. The van der Waals surface area contributed by atoms with E-state index in [0.717, 1.165) is 5.56 Å². The second-order valence-corrected chi connectivity index (χ2v) is 10.4. The second kappa shape index (κ2) is 14.3. The van der Waals surface area contributed by atoms with E-state index in [1.165, 1.54) is 30.5 Å². The lowest BCUT2D eigenvalue weighted by atomic mass is 10.2. The van der Waals surface area contributed by atoms with Crippen molar-refractivity contribution in [3.63, 3.8) is 0 Å². The lowest BCUT2D eigenvalue weighted by molar-refractivity contribution is 0.102. The number of ether oxygens (including phenoxy) is 4. The number of methoxy groups -OCH3 is 2. The van der Waals surface area contributed by atoms with Gasteiger partial charge in [0, 0.05) is 30.6 Å². The molecule has 2 amide bonds. The zero-order chi connectivity index (χ0) is 30.1. The Kier molecular flexibility index (Phi) is 10.9. The largest absolute Gasteiger partial charge is 0.493 e. The Morgan fingerprint density at radius 2 is 1.76 bits per heavy atom. The van der Waals surface area contributed by atoms with Crippen molar-refractivity contribution in [3.8, 4) is 28.5 Å². The third-order valence-electron chi connectivity index (χ3n) is 5.63. The molecule has 0 atom stereocenters. The molecule has 222 valence electrons. The fraction of sp³-hybridized carbons (Fsp3) is 0.444. The molecule has 0 aliphatic rings. The summed E-state index contributed by atoms with van der Waals surface area (Å²) in [6.07, 6.45) is -1.02. The number of aromatic nitrogens is 3. The number of nitrogens with one attached hydrogen (secondary N) is 2. The number of carbonyl (C=O) groups excluding carboxylic acids is 1. The number of amides is 2. The van der Waals surface area contributed by atoms with E-state index < -0.39 is 12.0 Å². The van der Waals surface area contributed by atoms with Crippen LogP contribution in [0.4, 0.5) is 16.4 Å². The normalized spacial score (nSPS) is 10.9. The number of hydrogen-bond acceptors (Lipinski definition) is 11. The van der Waals surface area contributed by atoms with Crippen molar-refractivity contribution in [3.05, 3.63) is 34.8 Å². The van der Waals surface area contributed by atoms with Crippen LogP contribution in [0.3, 0.4) is 0 Å². The first-order chi connectivity index (χ1) is 19.5. The van der Waals surface area contributed by atoms with Crippen LogP contribution in [0.15, 0.2) is 23.6 Å². The van der Waals surface area contributed by atoms with Crippen LogP contribution in [0.2, 0.25) is 0 Å². The van der Waals surface area contributed by atoms with Gasteiger partial charge < -0.3 is 39.6 Å². The van der Waals surface area contributed by atoms with Crippen LogP contribution in [0, 0.1) is 12.8 Å². The Balaban J connectivity index is 1.71. The summed E-state index contributed by atoms with van der Waals surface area (Å²) in [6, 6.07) is 5.39. The van der Waals surface area contributed by atoms with E-state index in [1.54, 1.807) is 25.3 Å². The maximum atomic E-state index is 13.1. The van der Waals surface area contributed by atoms with Crippen molar-refractivity contribution in [2.24, 2.45) is 5.92 Å². The third kappa shape index (κ3) is 8.58. The summed E-state index contributed by atoms with van der Waals surface area (Å²) in [6.45, 7) is 10.7. The summed E-state index contributed by atoms with van der Waals surface area (Å²) in [5, 5.41) is 16.8. The first-order valence-corrected chi connectivity index (χ1v) is 13.8. The molecule has 1 aromatic carbocycles. The fourth-order valence-corrected chi connectivity index (χ4v) is 4.15. The van der Waals surface area contributed by atoms with Gasteiger partial charge in [-0.3, -0.25) is 4.79 Å². The van der Waals surface area contributed by atoms with Crippen LogP contribution in [-0.4, -0.2) is 76.9 Å². The molecule has 0 aliphatic heterocycles. The van der Waals surface area contributed by atoms with Crippen LogP contribution >= 0.6 is 11.3 Å². The van der Waals surface area contributed by atoms with Crippen LogP contribution in [0.25, 0.3) is 0 Å². The van der Waals surface area contributed by atoms with Crippen molar-refractivity contribution < 1.29 is 33.6 Å². The molecule has 0 unspecified atom stereocenters. The molecule has 0 saturated carbocycles. The highest BCUT2D eigenvalue weighted by Crippen LogP contribution is 2.34. The molecule has 0 spiro atoms. The minimum absolute atomic E-state index is 0.0483. The minimum atomic E-state index is -1.02. The molecular formula is C27H36N6O7S. The molecule has 3 N–H and O–H groups in total. The average Bonchev–Trinajstić information content (AvgIpc) is 3.40. The molecule has 0 saturated heterocycles. The summed E-state index contributed by atoms with van der Waals surface area (Å²) < 4.78 is 22.5. The third-order valence-corrected chi connectivity index (χ3v) is 6.35. The van der Waals surface area contributed by atoms with Crippen molar-refractivity contribution in [1.82, 2.24) is 19.9 Å². The number of hydrogen-bond donors (Lipinski definition) is 3. The van der Waals surface area contributed by atoms with Crippen molar-refractivity contribution in [2.45, 2.75) is 40.7 Å². The smallest absolute Gasteiger partial charge is 0.407 e. The Bertz CT molecular complexity index is 1320. The molecular weight excluding hydrogens is 552 g/mol. The van der Waals surface area contributed by atoms with Gasteiger partial charge in [0.15, 0.2) is 5.69 Å². The van der Waals surface area contributed by atoms with Crippen molar-refractivity contribution in [2.75, 3.05) is 44.5 Å². The molecule has 2 aromatic heterocycles. The van der Waals surface area contributed by atoms with Crippen LogP contribution in [0.5, 0.6) is 28.5 Å². The van der Waals surface area contributed by atoms with Gasteiger partial charge in [-0.05, 0) is 38.3 Å². The highest BCUT2D eigenvalue weighted by molar-refractivity contribution is 7.11. The van der Waals surface area contributed by atoms with Crippen LogP contribution in [-0.2, 0) is 0 Å². The van der Waals surface area contributed by atoms with Gasteiger partial charge in [-0.25, -0.2) is 4.79 Å². The van der Waals surface area contributed by atoms with Gasteiger partial charge in [0.05, 0.1) is 20.8 Å². The van der Waals surface area contributed by atoms with E-state index in [1.807, 2.05) is 19.1 Å². The summed E-state index contributed by atoms with van der Waals surface area (Å²) >= 11 is 1.17.